The number of hydrogen-bond acceptors (Lipinski definition) is 4. The predicted molar refractivity (Wildman–Crippen MR) is 89.1 cm³/mol. The quantitative estimate of drug-likeness (QED) is 0.816. The zero-order valence-electron chi connectivity index (χ0n) is 14.4. The Labute approximate surface area is 150 Å². The van der Waals surface area contributed by atoms with Crippen molar-refractivity contribution in [3.63, 3.8) is 0 Å². The van der Waals surface area contributed by atoms with Crippen LogP contribution in [0, 0.1) is 5.92 Å². The van der Waals surface area contributed by atoms with Crippen molar-refractivity contribution in [3.05, 3.63) is 29.8 Å². The molecular formula is C18H22F2N2O4. The molecule has 1 aromatic rings. The summed E-state index contributed by atoms with van der Waals surface area (Å²) in [6, 6.07) is 5.66. The summed E-state index contributed by atoms with van der Waals surface area (Å²) >= 11 is 0. The van der Waals surface area contributed by atoms with Crippen molar-refractivity contribution in [2.75, 3.05) is 39.4 Å². The van der Waals surface area contributed by atoms with Crippen molar-refractivity contribution in [3.8, 4) is 5.75 Å². The van der Waals surface area contributed by atoms with Gasteiger partial charge < -0.3 is 19.3 Å². The van der Waals surface area contributed by atoms with Crippen LogP contribution in [0.5, 0.6) is 5.75 Å². The van der Waals surface area contributed by atoms with Crippen LogP contribution in [0.2, 0.25) is 0 Å². The van der Waals surface area contributed by atoms with E-state index >= 15 is 0 Å². The smallest absolute Gasteiger partial charge is 0.387 e. The zero-order valence-corrected chi connectivity index (χ0v) is 14.4. The highest BCUT2D eigenvalue weighted by Gasteiger charge is 2.31. The molecule has 0 radical (unpaired) electrons. The summed E-state index contributed by atoms with van der Waals surface area (Å²) in [5.41, 5.74) is 0.421. The number of alkyl halides is 2. The number of hydrogen-bond donors (Lipinski definition) is 0. The SMILES string of the molecule is O=C(c1ccc(OC(F)F)cc1)N1CCC(C(=O)N2CCOCC2)CC1. The maximum Gasteiger partial charge on any atom is 0.387 e. The van der Waals surface area contributed by atoms with Crippen LogP contribution in [0.3, 0.4) is 0 Å². The van der Waals surface area contributed by atoms with Gasteiger partial charge in [-0.2, -0.15) is 8.78 Å². The normalized spacial score (nSPS) is 18.9. The van der Waals surface area contributed by atoms with Gasteiger partial charge in [-0.3, -0.25) is 9.59 Å². The van der Waals surface area contributed by atoms with Crippen molar-refractivity contribution < 1.29 is 27.8 Å². The van der Waals surface area contributed by atoms with E-state index in [4.69, 9.17) is 4.74 Å². The molecule has 6 nitrogen and oxygen atoms in total. The number of halogens is 2. The minimum atomic E-state index is -2.89. The third-order valence-electron chi connectivity index (χ3n) is 4.78. The summed E-state index contributed by atoms with van der Waals surface area (Å²) in [6.07, 6.45) is 1.27. The Balaban J connectivity index is 1.52. The number of nitrogens with zero attached hydrogens (tertiary/aromatic N) is 2. The van der Waals surface area contributed by atoms with Crippen LogP contribution in [-0.4, -0.2) is 67.6 Å². The standard InChI is InChI=1S/C18H22F2N2O4/c19-18(20)26-15-3-1-13(2-4-15)16(23)21-7-5-14(6-8-21)17(24)22-9-11-25-12-10-22/h1-4,14,18H,5-12H2. The highest BCUT2D eigenvalue weighted by atomic mass is 19.3. The van der Waals surface area contributed by atoms with Crippen molar-refractivity contribution in [1.82, 2.24) is 9.80 Å². The molecular weight excluding hydrogens is 346 g/mol. The van der Waals surface area contributed by atoms with Crippen LogP contribution in [-0.2, 0) is 9.53 Å². The molecule has 8 heteroatoms. The molecule has 142 valence electrons. The first kappa shape index (κ1) is 18.6. The first-order chi connectivity index (χ1) is 12.5. The maximum atomic E-state index is 12.5. The largest absolute Gasteiger partial charge is 0.435 e. The molecule has 0 spiro atoms. The molecule has 0 aliphatic carbocycles. The second-order valence-electron chi connectivity index (χ2n) is 6.41. The number of amides is 2. The van der Waals surface area contributed by atoms with Crippen LogP contribution >= 0.6 is 0 Å². The highest BCUT2D eigenvalue weighted by Crippen LogP contribution is 2.23. The molecule has 1 aromatic carbocycles. The first-order valence-corrected chi connectivity index (χ1v) is 8.75. The molecule has 2 fully saturated rings. The number of likely N-dealkylation sites (tertiary alicyclic amines) is 1. The van der Waals surface area contributed by atoms with Gasteiger partial charge in [0.15, 0.2) is 0 Å². The van der Waals surface area contributed by atoms with Crippen LogP contribution in [0.15, 0.2) is 24.3 Å². The number of ether oxygens (including phenoxy) is 2. The molecule has 2 heterocycles. The Kier molecular flexibility index (Phi) is 6.03. The monoisotopic (exact) mass is 368 g/mol. The summed E-state index contributed by atoms with van der Waals surface area (Å²) in [4.78, 5) is 28.6. The van der Waals surface area contributed by atoms with E-state index in [2.05, 4.69) is 4.74 Å². The number of morpholine rings is 1. The summed E-state index contributed by atoms with van der Waals surface area (Å²) in [7, 11) is 0. The number of rotatable bonds is 4. The lowest BCUT2D eigenvalue weighted by Crippen LogP contribution is -2.47. The van der Waals surface area contributed by atoms with Gasteiger partial charge in [-0.15, -0.1) is 0 Å². The summed E-state index contributed by atoms with van der Waals surface area (Å²) in [5.74, 6) is -0.0508. The second kappa shape index (κ2) is 8.44. The lowest BCUT2D eigenvalue weighted by atomic mass is 9.94. The molecule has 2 aliphatic rings. The third kappa shape index (κ3) is 4.49. The Hall–Kier alpha value is -2.22. The number of carbonyl (C=O) groups excluding carboxylic acids is 2. The molecule has 0 N–H and O–H groups in total. The molecule has 2 saturated heterocycles. The number of benzene rings is 1. The van der Waals surface area contributed by atoms with Gasteiger partial charge >= 0.3 is 6.61 Å². The van der Waals surface area contributed by atoms with Crippen LogP contribution in [0.25, 0.3) is 0 Å². The molecule has 0 saturated carbocycles. The van der Waals surface area contributed by atoms with Gasteiger partial charge in [0.1, 0.15) is 5.75 Å². The van der Waals surface area contributed by atoms with E-state index in [1.807, 2.05) is 4.90 Å². The Morgan fingerprint density at radius 2 is 1.62 bits per heavy atom. The van der Waals surface area contributed by atoms with E-state index in [-0.39, 0.29) is 23.5 Å². The number of piperidine rings is 1. The summed E-state index contributed by atoms with van der Waals surface area (Å²) in [5, 5.41) is 0. The van der Waals surface area contributed by atoms with Gasteiger partial charge in [-0.1, -0.05) is 0 Å². The van der Waals surface area contributed by atoms with E-state index in [0.717, 1.165) is 0 Å². The Bertz CT molecular complexity index is 625. The van der Waals surface area contributed by atoms with Gasteiger partial charge in [-0.25, -0.2) is 0 Å². The molecule has 2 aliphatic heterocycles. The minimum absolute atomic E-state index is 0.0198. The van der Waals surface area contributed by atoms with Crippen LogP contribution < -0.4 is 4.74 Å². The third-order valence-corrected chi connectivity index (χ3v) is 4.78. The Morgan fingerprint density at radius 3 is 2.19 bits per heavy atom. The molecule has 2 amide bonds. The molecule has 0 aromatic heterocycles. The molecule has 0 unspecified atom stereocenters. The van der Waals surface area contributed by atoms with Crippen LogP contribution in [0.1, 0.15) is 23.2 Å². The van der Waals surface area contributed by atoms with E-state index in [0.29, 0.717) is 57.8 Å². The lowest BCUT2D eigenvalue weighted by molar-refractivity contribution is -0.141. The van der Waals surface area contributed by atoms with E-state index in [1.165, 1.54) is 24.3 Å². The average molecular weight is 368 g/mol. The van der Waals surface area contributed by atoms with Gasteiger partial charge in [0.25, 0.3) is 5.91 Å². The fourth-order valence-electron chi connectivity index (χ4n) is 3.33. The Morgan fingerprint density at radius 1 is 1.00 bits per heavy atom. The van der Waals surface area contributed by atoms with Gasteiger partial charge in [0.2, 0.25) is 5.91 Å². The summed E-state index contributed by atoms with van der Waals surface area (Å²) in [6.45, 7) is 0.544. The van der Waals surface area contributed by atoms with Crippen molar-refractivity contribution in [2.24, 2.45) is 5.92 Å². The van der Waals surface area contributed by atoms with E-state index < -0.39 is 6.61 Å². The molecule has 26 heavy (non-hydrogen) atoms. The van der Waals surface area contributed by atoms with Crippen molar-refractivity contribution in [2.45, 2.75) is 19.5 Å². The van der Waals surface area contributed by atoms with Crippen molar-refractivity contribution >= 4 is 11.8 Å². The first-order valence-electron chi connectivity index (χ1n) is 8.75. The number of carbonyl (C=O) groups is 2. The lowest BCUT2D eigenvalue weighted by Gasteiger charge is -2.35. The van der Waals surface area contributed by atoms with Gasteiger partial charge in [0, 0.05) is 37.7 Å². The topological polar surface area (TPSA) is 59.1 Å². The van der Waals surface area contributed by atoms with E-state index in [9.17, 15) is 18.4 Å². The minimum Gasteiger partial charge on any atom is -0.435 e. The fraction of sp³-hybridized carbons (Fsp3) is 0.556. The predicted octanol–water partition coefficient (Wildman–Crippen LogP) is 2.00. The fourth-order valence-corrected chi connectivity index (χ4v) is 3.33. The zero-order chi connectivity index (χ0) is 18.5. The van der Waals surface area contributed by atoms with Gasteiger partial charge in [-0.05, 0) is 37.1 Å². The molecule has 0 bridgehead atoms. The summed E-state index contributed by atoms with van der Waals surface area (Å²) < 4.78 is 33.9. The van der Waals surface area contributed by atoms with Crippen LogP contribution in [0.4, 0.5) is 8.78 Å². The average Bonchev–Trinajstić information content (AvgIpc) is 2.68. The molecule has 0 atom stereocenters. The van der Waals surface area contributed by atoms with E-state index in [1.54, 1.807) is 4.90 Å². The maximum absolute atomic E-state index is 12.5. The van der Waals surface area contributed by atoms with Gasteiger partial charge in [0.05, 0.1) is 13.2 Å². The molecule has 3 rings (SSSR count). The highest BCUT2D eigenvalue weighted by molar-refractivity contribution is 5.94. The van der Waals surface area contributed by atoms with Crippen molar-refractivity contribution in [1.29, 1.82) is 0 Å². The second-order valence-corrected chi connectivity index (χ2v) is 6.41.